The van der Waals surface area contributed by atoms with Gasteiger partial charge in [0, 0.05) is 32.6 Å². The van der Waals surface area contributed by atoms with Crippen molar-refractivity contribution in [2.75, 3.05) is 26.7 Å². The summed E-state index contributed by atoms with van der Waals surface area (Å²) in [7, 11) is 1.71. The summed E-state index contributed by atoms with van der Waals surface area (Å²) >= 11 is 0. The van der Waals surface area contributed by atoms with Gasteiger partial charge in [-0.3, -0.25) is 0 Å². The summed E-state index contributed by atoms with van der Waals surface area (Å²) in [5, 5.41) is 0. The maximum Gasteiger partial charge on any atom is 0.410 e. The molecule has 1 aromatic rings. The van der Waals surface area contributed by atoms with Crippen LogP contribution < -0.4 is 0 Å². The number of hydrogen-bond acceptors (Lipinski definition) is 4. The second kappa shape index (κ2) is 7.55. The summed E-state index contributed by atoms with van der Waals surface area (Å²) in [5.74, 6) is 0.256. The van der Waals surface area contributed by atoms with Gasteiger partial charge in [0.25, 0.3) is 0 Å². The van der Waals surface area contributed by atoms with E-state index in [1.165, 1.54) is 0 Å². The van der Waals surface area contributed by atoms with E-state index in [2.05, 4.69) is 0 Å². The Morgan fingerprint density at radius 1 is 1.21 bits per heavy atom. The van der Waals surface area contributed by atoms with Gasteiger partial charge in [-0.15, -0.1) is 0 Å². The Morgan fingerprint density at radius 3 is 2.42 bits per heavy atom. The first-order valence-electron chi connectivity index (χ1n) is 8.14. The van der Waals surface area contributed by atoms with Crippen molar-refractivity contribution in [2.45, 2.75) is 33.0 Å². The smallest absolute Gasteiger partial charge is 0.410 e. The van der Waals surface area contributed by atoms with E-state index in [1.54, 1.807) is 16.8 Å². The minimum atomic E-state index is -0.502. The Labute approximate surface area is 143 Å². The topological polar surface area (TPSA) is 59.1 Å². The molecule has 132 valence electrons. The van der Waals surface area contributed by atoms with Crippen molar-refractivity contribution in [3.05, 3.63) is 35.9 Å². The fourth-order valence-electron chi connectivity index (χ4n) is 2.45. The van der Waals surface area contributed by atoms with Crippen LogP contribution in [0.3, 0.4) is 0 Å². The van der Waals surface area contributed by atoms with E-state index >= 15 is 0 Å². The van der Waals surface area contributed by atoms with Gasteiger partial charge in [-0.1, -0.05) is 30.3 Å². The van der Waals surface area contributed by atoms with Crippen LogP contribution in [0.5, 0.6) is 0 Å². The van der Waals surface area contributed by atoms with Crippen LogP contribution in [0.2, 0.25) is 0 Å². The second-order valence-electron chi connectivity index (χ2n) is 7.17. The van der Waals surface area contributed by atoms with E-state index in [-0.39, 0.29) is 24.7 Å². The summed E-state index contributed by atoms with van der Waals surface area (Å²) in [4.78, 5) is 27.1. The lowest BCUT2D eigenvalue weighted by Crippen LogP contribution is -2.54. The number of likely N-dealkylation sites (tertiary alicyclic amines) is 1. The Hall–Kier alpha value is -2.24. The highest BCUT2D eigenvalue weighted by Crippen LogP contribution is 2.19. The van der Waals surface area contributed by atoms with Gasteiger partial charge < -0.3 is 19.3 Å². The minimum Gasteiger partial charge on any atom is -0.445 e. The molecule has 2 amide bonds. The monoisotopic (exact) mass is 334 g/mol. The molecule has 0 aromatic heterocycles. The van der Waals surface area contributed by atoms with Gasteiger partial charge in [0.1, 0.15) is 12.2 Å². The number of benzene rings is 1. The van der Waals surface area contributed by atoms with Crippen LogP contribution in [0.1, 0.15) is 26.3 Å². The van der Waals surface area contributed by atoms with E-state index in [0.29, 0.717) is 19.6 Å². The van der Waals surface area contributed by atoms with Crippen molar-refractivity contribution in [1.82, 2.24) is 9.80 Å². The van der Waals surface area contributed by atoms with E-state index in [4.69, 9.17) is 9.47 Å². The maximum absolute atomic E-state index is 11.9. The molecule has 6 nitrogen and oxygen atoms in total. The van der Waals surface area contributed by atoms with Crippen LogP contribution in [-0.4, -0.2) is 54.3 Å². The molecule has 0 atom stereocenters. The van der Waals surface area contributed by atoms with E-state index in [1.807, 2.05) is 51.1 Å². The third-order valence-electron chi connectivity index (χ3n) is 3.66. The number of carbonyl (C=O) groups is 2. The Morgan fingerprint density at radius 2 is 1.83 bits per heavy atom. The van der Waals surface area contributed by atoms with Crippen LogP contribution in [0.15, 0.2) is 30.3 Å². The van der Waals surface area contributed by atoms with Crippen molar-refractivity contribution in [2.24, 2.45) is 5.92 Å². The van der Waals surface area contributed by atoms with Crippen molar-refractivity contribution in [3.63, 3.8) is 0 Å². The van der Waals surface area contributed by atoms with Crippen LogP contribution in [0.25, 0.3) is 0 Å². The van der Waals surface area contributed by atoms with Gasteiger partial charge in [-0.05, 0) is 26.3 Å². The van der Waals surface area contributed by atoms with Gasteiger partial charge in [0.15, 0.2) is 0 Å². The van der Waals surface area contributed by atoms with Crippen LogP contribution >= 0.6 is 0 Å². The van der Waals surface area contributed by atoms with Crippen molar-refractivity contribution in [3.8, 4) is 0 Å². The number of nitrogens with zero attached hydrogens (tertiary/aromatic N) is 2. The molecular formula is C18H26N2O4. The minimum absolute atomic E-state index is 0.256. The molecule has 1 heterocycles. The summed E-state index contributed by atoms with van der Waals surface area (Å²) in [5.41, 5.74) is 0.464. The second-order valence-corrected chi connectivity index (χ2v) is 7.17. The Kier molecular flexibility index (Phi) is 5.70. The molecule has 1 fully saturated rings. The first kappa shape index (κ1) is 18.1. The fraction of sp³-hybridized carbons (Fsp3) is 0.556. The lowest BCUT2D eigenvalue weighted by molar-refractivity contribution is 0.0137. The fourth-order valence-corrected chi connectivity index (χ4v) is 2.45. The third-order valence-corrected chi connectivity index (χ3v) is 3.66. The van der Waals surface area contributed by atoms with Gasteiger partial charge in [-0.2, -0.15) is 0 Å². The quantitative estimate of drug-likeness (QED) is 0.849. The molecule has 1 aliphatic heterocycles. The zero-order chi connectivity index (χ0) is 17.7. The highest BCUT2D eigenvalue weighted by Gasteiger charge is 2.33. The summed E-state index contributed by atoms with van der Waals surface area (Å²) in [6.07, 6.45) is -0.650. The molecule has 0 unspecified atom stereocenters. The molecule has 24 heavy (non-hydrogen) atoms. The van der Waals surface area contributed by atoms with Gasteiger partial charge in [0.05, 0.1) is 0 Å². The zero-order valence-corrected chi connectivity index (χ0v) is 14.8. The summed E-state index contributed by atoms with van der Waals surface area (Å²) < 4.78 is 10.6. The van der Waals surface area contributed by atoms with Crippen molar-refractivity contribution >= 4 is 12.2 Å². The van der Waals surface area contributed by atoms with Crippen molar-refractivity contribution < 1.29 is 19.1 Å². The molecule has 0 bridgehead atoms. The number of rotatable bonds is 4. The highest BCUT2D eigenvalue weighted by atomic mass is 16.6. The number of carbonyl (C=O) groups excluding carboxylic acids is 2. The lowest BCUT2D eigenvalue weighted by atomic mass is 10.0. The molecule has 6 heteroatoms. The number of amides is 2. The highest BCUT2D eigenvalue weighted by molar-refractivity contribution is 5.69. The zero-order valence-electron chi connectivity index (χ0n) is 14.8. The third kappa shape index (κ3) is 5.44. The van der Waals surface area contributed by atoms with Gasteiger partial charge >= 0.3 is 12.2 Å². The van der Waals surface area contributed by atoms with Crippen LogP contribution in [0, 0.1) is 5.92 Å². The molecule has 0 N–H and O–H groups in total. The van der Waals surface area contributed by atoms with Crippen LogP contribution in [-0.2, 0) is 16.1 Å². The molecule has 0 saturated carbocycles. The Balaban J connectivity index is 1.67. The molecule has 2 rings (SSSR count). The standard InChI is InChI=1S/C18H26N2O4/c1-18(2,3)24-16(21)19(4)10-15-11-20(12-15)17(22)23-13-14-8-6-5-7-9-14/h5-9,15H,10-13H2,1-4H3. The average molecular weight is 334 g/mol. The first-order valence-corrected chi connectivity index (χ1v) is 8.14. The van der Waals surface area contributed by atoms with Crippen LogP contribution in [0.4, 0.5) is 9.59 Å². The van der Waals surface area contributed by atoms with Crippen molar-refractivity contribution in [1.29, 1.82) is 0 Å². The number of hydrogen-bond donors (Lipinski definition) is 0. The predicted octanol–water partition coefficient (Wildman–Crippen LogP) is 3.12. The predicted molar refractivity (Wildman–Crippen MR) is 90.6 cm³/mol. The molecule has 1 saturated heterocycles. The molecule has 0 spiro atoms. The normalized spacial score (nSPS) is 14.8. The average Bonchev–Trinajstić information content (AvgIpc) is 2.47. The summed E-state index contributed by atoms with van der Waals surface area (Å²) in [6, 6.07) is 9.58. The summed E-state index contributed by atoms with van der Waals surface area (Å²) in [6.45, 7) is 7.56. The first-order chi connectivity index (χ1) is 11.2. The van der Waals surface area contributed by atoms with Gasteiger partial charge in [0.2, 0.25) is 0 Å². The Bertz CT molecular complexity index is 562. The van der Waals surface area contributed by atoms with E-state index in [9.17, 15) is 9.59 Å². The SMILES string of the molecule is CN(CC1CN(C(=O)OCc2ccccc2)C1)C(=O)OC(C)(C)C. The largest absolute Gasteiger partial charge is 0.445 e. The molecular weight excluding hydrogens is 308 g/mol. The molecule has 1 aromatic carbocycles. The molecule has 0 radical (unpaired) electrons. The number of ether oxygens (including phenoxy) is 2. The molecule has 1 aliphatic rings. The lowest BCUT2D eigenvalue weighted by Gasteiger charge is -2.40. The molecule has 0 aliphatic carbocycles. The van der Waals surface area contributed by atoms with E-state index < -0.39 is 5.60 Å². The van der Waals surface area contributed by atoms with Gasteiger partial charge in [-0.25, -0.2) is 9.59 Å². The van der Waals surface area contributed by atoms with E-state index in [0.717, 1.165) is 5.56 Å². The maximum atomic E-state index is 11.9.